The average Bonchev–Trinajstić information content (AvgIpc) is 2.60. The standard InChI is InChI=1S/C10H13NO7/c12-7-1-2-8(13)11(7)18-10(16)4-6-17-5-3-9(14)15/h1-6H2,(H,14,15). The highest BCUT2D eigenvalue weighted by Crippen LogP contribution is 2.12. The number of nitrogens with zero attached hydrogens (tertiary/aromatic N) is 1. The molecule has 0 aromatic rings. The lowest BCUT2D eigenvalue weighted by Gasteiger charge is -2.12. The lowest BCUT2D eigenvalue weighted by Crippen LogP contribution is -2.32. The van der Waals surface area contributed by atoms with Gasteiger partial charge >= 0.3 is 11.9 Å². The summed E-state index contributed by atoms with van der Waals surface area (Å²) < 4.78 is 4.86. The predicted molar refractivity (Wildman–Crippen MR) is 54.9 cm³/mol. The van der Waals surface area contributed by atoms with Crippen molar-refractivity contribution < 1.29 is 33.9 Å². The molecule has 0 bridgehead atoms. The highest BCUT2D eigenvalue weighted by molar-refractivity contribution is 6.01. The molecule has 0 aliphatic carbocycles. The van der Waals surface area contributed by atoms with E-state index in [1.54, 1.807) is 0 Å². The Morgan fingerprint density at radius 1 is 1.11 bits per heavy atom. The number of imide groups is 1. The van der Waals surface area contributed by atoms with Crippen molar-refractivity contribution in [2.45, 2.75) is 25.7 Å². The summed E-state index contributed by atoms with van der Waals surface area (Å²) in [5.74, 6) is -2.85. The van der Waals surface area contributed by atoms with E-state index in [9.17, 15) is 19.2 Å². The van der Waals surface area contributed by atoms with Crippen LogP contribution >= 0.6 is 0 Å². The number of aliphatic carboxylic acids is 1. The van der Waals surface area contributed by atoms with Gasteiger partial charge in [-0.25, -0.2) is 4.79 Å². The highest BCUT2D eigenvalue weighted by Gasteiger charge is 2.32. The van der Waals surface area contributed by atoms with E-state index in [-0.39, 0.29) is 38.9 Å². The minimum absolute atomic E-state index is 0.00973. The fraction of sp³-hybridized carbons (Fsp3) is 0.600. The second-order valence-corrected chi connectivity index (χ2v) is 3.55. The first kappa shape index (κ1) is 14.1. The van der Waals surface area contributed by atoms with Crippen LogP contribution in [0.2, 0.25) is 0 Å². The van der Waals surface area contributed by atoms with Gasteiger partial charge in [0.05, 0.1) is 26.1 Å². The fourth-order valence-electron chi connectivity index (χ4n) is 1.22. The van der Waals surface area contributed by atoms with Gasteiger partial charge in [-0.1, -0.05) is 0 Å². The Kier molecular flexibility index (Phi) is 5.25. The van der Waals surface area contributed by atoms with Gasteiger partial charge < -0.3 is 14.7 Å². The van der Waals surface area contributed by atoms with Gasteiger partial charge in [0, 0.05) is 12.8 Å². The van der Waals surface area contributed by atoms with Gasteiger partial charge in [-0.2, -0.15) is 0 Å². The predicted octanol–water partition coefficient (Wildman–Crippen LogP) is -0.525. The zero-order chi connectivity index (χ0) is 13.5. The van der Waals surface area contributed by atoms with Crippen molar-refractivity contribution in [1.82, 2.24) is 5.06 Å². The zero-order valence-corrected chi connectivity index (χ0v) is 9.59. The Balaban J connectivity index is 2.16. The molecule has 0 unspecified atom stereocenters. The van der Waals surface area contributed by atoms with Gasteiger partial charge in [0.2, 0.25) is 0 Å². The van der Waals surface area contributed by atoms with Crippen molar-refractivity contribution in [3.63, 3.8) is 0 Å². The maximum absolute atomic E-state index is 11.2. The van der Waals surface area contributed by atoms with Gasteiger partial charge in [0.1, 0.15) is 0 Å². The number of carbonyl (C=O) groups is 4. The minimum atomic E-state index is -0.995. The van der Waals surface area contributed by atoms with Crippen LogP contribution in [0.1, 0.15) is 25.7 Å². The van der Waals surface area contributed by atoms with Crippen LogP contribution in [0, 0.1) is 0 Å². The third-order valence-electron chi connectivity index (χ3n) is 2.11. The Morgan fingerprint density at radius 3 is 2.22 bits per heavy atom. The molecule has 1 aliphatic rings. The lowest BCUT2D eigenvalue weighted by atomic mass is 10.4. The molecule has 2 amide bonds. The maximum atomic E-state index is 11.2. The Morgan fingerprint density at radius 2 is 1.67 bits per heavy atom. The van der Waals surface area contributed by atoms with Gasteiger partial charge in [-0.3, -0.25) is 14.4 Å². The second-order valence-electron chi connectivity index (χ2n) is 3.55. The maximum Gasteiger partial charge on any atom is 0.335 e. The fourth-order valence-corrected chi connectivity index (χ4v) is 1.22. The quantitative estimate of drug-likeness (QED) is 0.483. The molecule has 1 saturated heterocycles. The van der Waals surface area contributed by atoms with Gasteiger partial charge in [-0.15, -0.1) is 5.06 Å². The van der Waals surface area contributed by atoms with Crippen LogP contribution < -0.4 is 0 Å². The number of hydrogen-bond acceptors (Lipinski definition) is 6. The molecule has 1 N–H and O–H groups in total. The van der Waals surface area contributed by atoms with Crippen LogP contribution in [0.4, 0.5) is 0 Å². The summed E-state index contributed by atoms with van der Waals surface area (Å²) in [5.41, 5.74) is 0. The SMILES string of the molecule is O=C(O)CCOCCC(=O)ON1C(=O)CCC1=O. The van der Waals surface area contributed by atoms with E-state index in [1.807, 2.05) is 0 Å². The normalized spacial score (nSPS) is 15.0. The number of amides is 2. The van der Waals surface area contributed by atoms with Gasteiger partial charge in [0.15, 0.2) is 0 Å². The number of carboxylic acids is 1. The van der Waals surface area contributed by atoms with E-state index in [0.29, 0.717) is 5.06 Å². The van der Waals surface area contributed by atoms with E-state index < -0.39 is 23.8 Å². The second kappa shape index (κ2) is 6.70. The molecule has 18 heavy (non-hydrogen) atoms. The number of carboxylic acid groups (broad SMARTS) is 1. The Labute approximate surface area is 102 Å². The zero-order valence-electron chi connectivity index (χ0n) is 9.59. The summed E-state index contributed by atoms with van der Waals surface area (Å²) in [6, 6.07) is 0. The molecule has 1 rings (SSSR count). The number of rotatable bonds is 7. The van der Waals surface area contributed by atoms with Crippen molar-refractivity contribution in [3.8, 4) is 0 Å². The number of ether oxygens (including phenoxy) is 1. The van der Waals surface area contributed by atoms with E-state index in [4.69, 9.17) is 9.84 Å². The topological polar surface area (TPSA) is 110 Å². The molecule has 1 fully saturated rings. The molecule has 1 heterocycles. The van der Waals surface area contributed by atoms with Crippen molar-refractivity contribution in [2.75, 3.05) is 13.2 Å². The van der Waals surface area contributed by atoms with Crippen molar-refractivity contribution in [2.24, 2.45) is 0 Å². The first-order valence-electron chi connectivity index (χ1n) is 5.37. The van der Waals surface area contributed by atoms with Crippen LogP contribution in [0.3, 0.4) is 0 Å². The molecule has 0 aromatic heterocycles. The van der Waals surface area contributed by atoms with Crippen LogP contribution in [0.15, 0.2) is 0 Å². The smallest absolute Gasteiger partial charge is 0.335 e. The van der Waals surface area contributed by atoms with E-state index >= 15 is 0 Å². The third kappa shape index (κ3) is 4.50. The first-order valence-corrected chi connectivity index (χ1v) is 5.37. The summed E-state index contributed by atoms with van der Waals surface area (Å²) in [6.45, 7) is -0.0352. The summed E-state index contributed by atoms with van der Waals surface area (Å²) in [4.78, 5) is 48.1. The molecular weight excluding hydrogens is 246 g/mol. The van der Waals surface area contributed by atoms with E-state index in [1.165, 1.54) is 0 Å². The first-order chi connectivity index (χ1) is 8.50. The summed E-state index contributed by atoms with van der Waals surface area (Å²) >= 11 is 0. The number of carbonyl (C=O) groups excluding carboxylic acids is 3. The van der Waals surface area contributed by atoms with Gasteiger partial charge in [0.25, 0.3) is 11.8 Å². The van der Waals surface area contributed by atoms with E-state index in [2.05, 4.69) is 4.84 Å². The van der Waals surface area contributed by atoms with Gasteiger partial charge in [-0.05, 0) is 0 Å². The summed E-state index contributed by atoms with van der Waals surface area (Å²) in [7, 11) is 0. The monoisotopic (exact) mass is 259 g/mol. The number of hydrogen-bond donors (Lipinski definition) is 1. The van der Waals surface area contributed by atoms with Crippen LogP contribution in [-0.2, 0) is 28.8 Å². The van der Waals surface area contributed by atoms with Crippen LogP contribution in [0.5, 0.6) is 0 Å². The average molecular weight is 259 g/mol. The largest absolute Gasteiger partial charge is 0.481 e. The number of hydroxylamine groups is 2. The molecule has 100 valence electrons. The van der Waals surface area contributed by atoms with E-state index in [0.717, 1.165) is 0 Å². The minimum Gasteiger partial charge on any atom is -0.481 e. The molecule has 0 aromatic carbocycles. The molecule has 8 heteroatoms. The van der Waals surface area contributed by atoms with Crippen molar-refractivity contribution in [1.29, 1.82) is 0 Å². The van der Waals surface area contributed by atoms with Crippen molar-refractivity contribution >= 4 is 23.8 Å². The third-order valence-corrected chi connectivity index (χ3v) is 2.11. The van der Waals surface area contributed by atoms with Crippen LogP contribution in [0.25, 0.3) is 0 Å². The Hall–Kier alpha value is -1.96. The summed E-state index contributed by atoms with van der Waals surface area (Å²) in [5, 5.41) is 8.77. The summed E-state index contributed by atoms with van der Waals surface area (Å²) in [6.07, 6.45) is -0.225. The molecule has 0 spiro atoms. The lowest BCUT2D eigenvalue weighted by molar-refractivity contribution is -0.198. The molecule has 1 aliphatic heterocycles. The molecule has 0 radical (unpaired) electrons. The molecule has 8 nitrogen and oxygen atoms in total. The highest BCUT2D eigenvalue weighted by atomic mass is 16.7. The Bertz CT molecular complexity index is 349. The molecule has 0 atom stereocenters. The molecule has 0 saturated carbocycles. The van der Waals surface area contributed by atoms with Crippen molar-refractivity contribution in [3.05, 3.63) is 0 Å². The molecular formula is C10H13NO7. The van der Waals surface area contributed by atoms with Crippen LogP contribution in [-0.4, -0.2) is 47.1 Å².